The Morgan fingerprint density at radius 3 is 2.80 bits per heavy atom. The quantitative estimate of drug-likeness (QED) is 0.851. The molecule has 2 aromatic rings. The normalized spacial score (nSPS) is 10.1. The van der Waals surface area contributed by atoms with Gasteiger partial charge in [-0.3, -0.25) is 4.79 Å². The summed E-state index contributed by atoms with van der Waals surface area (Å²) in [5.41, 5.74) is 7.65. The smallest absolute Gasteiger partial charge is 0.251 e. The second-order valence-corrected chi connectivity index (χ2v) is 4.71. The van der Waals surface area contributed by atoms with Gasteiger partial charge < -0.3 is 15.8 Å². The third kappa shape index (κ3) is 3.42. The lowest BCUT2D eigenvalue weighted by molar-refractivity contribution is 0.0950. The van der Waals surface area contributed by atoms with Gasteiger partial charge in [0.05, 0.1) is 12.8 Å². The molecule has 4 nitrogen and oxygen atoms in total. The van der Waals surface area contributed by atoms with Crippen molar-refractivity contribution in [3.63, 3.8) is 0 Å². The van der Waals surface area contributed by atoms with Gasteiger partial charge in [0.1, 0.15) is 5.75 Å². The number of ether oxygens (including phenoxy) is 1. The standard InChI is InChI=1S/C15H15ClN2O2/c1-20-14-8-11(5-6-13(14)17)15(19)18-9-10-3-2-4-12(16)7-10/h2-8H,9,17H2,1H3,(H,18,19). The molecule has 2 aromatic carbocycles. The maximum Gasteiger partial charge on any atom is 0.251 e. The minimum Gasteiger partial charge on any atom is -0.495 e. The topological polar surface area (TPSA) is 64.3 Å². The number of methoxy groups -OCH3 is 1. The Kier molecular flexibility index (Phi) is 4.48. The van der Waals surface area contributed by atoms with Gasteiger partial charge in [-0.25, -0.2) is 0 Å². The van der Waals surface area contributed by atoms with Gasteiger partial charge in [-0.1, -0.05) is 23.7 Å². The van der Waals surface area contributed by atoms with Crippen LogP contribution in [0.4, 0.5) is 5.69 Å². The molecule has 0 radical (unpaired) electrons. The van der Waals surface area contributed by atoms with E-state index in [9.17, 15) is 4.79 Å². The van der Waals surface area contributed by atoms with E-state index in [1.54, 1.807) is 24.3 Å². The van der Waals surface area contributed by atoms with E-state index in [-0.39, 0.29) is 5.91 Å². The van der Waals surface area contributed by atoms with E-state index in [1.165, 1.54) is 7.11 Å². The Morgan fingerprint density at radius 2 is 2.10 bits per heavy atom. The third-order valence-electron chi connectivity index (χ3n) is 2.84. The summed E-state index contributed by atoms with van der Waals surface area (Å²) < 4.78 is 5.09. The zero-order valence-corrected chi connectivity index (χ0v) is 11.8. The molecule has 0 aliphatic heterocycles. The number of hydrogen-bond donors (Lipinski definition) is 2. The van der Waals surface area contributed by atoms with Crippen LogP contribution in [0.15, 0.2) is 42.5 Å². The Morgan fingerprint density at radius 1 is 1.30 bits per heavy atom. The number of benzene rings is 2. The molecular formula is C15H15ClN2O2. The number of hydrogen-bond acceptors (Lipinski definition) is 3. The van der Waals surface area contributed by atoms with Crippen molar-refractivity contribution in [2.75, 3.05) is 12.8 Å². The van der Waals surface area contributed by atoms with E-state index in [0.717, 1.165) is 5.56 Å². The fourth-order valence-corrected chi connectivity index (χ4v) is 2.00. The molecule has 104 valence electrons. The summed E-state index contributed by atoms with van der Waals surface area (Å²) in [6, 6.07) is 12.3. The minimum absolute atomic E-state index is 0.191. The monoisotopic (exact) mass is 290 g/mol. The summed E-state index contributed by atoms with van der Waals surface area (Å²) >= 11 is 5.89. The van der Waals surface area contributed by atoms with E-state index in [0.29, 0.717) is 28.6 Å². The van der Waals surface area contributed by atoms with Crippen LogP contribution in [-0.2, 0) is 6.54 Å². The number of carbonyl (C=O) groups excluding carboxylic acids is 1. The molecule has 1 amide bonds. The molecule has 0 unspecified atom stereocenters. The van der Waals surface area contributed by atoms with Crippen molar-refractivity contribution in [3.05, 3.63) is 58.6 Å². The highest BCUT2D eigenvalue weighted by atomic mass is 35.5. The number of nitrogen functional groups attached to an aromatic ring is 1. The van der Waals surface area contributed by atoms with Crippen LogP contribution in [0.3, 0.4) is 0 Å². The van der Waals surface area contributed by atoms with Gasteiger partial charge >= 0.3 is 0 Å². The predicted molar refractivity (Wildman–Crippen MR) is 80.0 cm³/mol. The average Bonchev–Trinajstić information content (AvgIpc) is 2.45. The molecule has 2 rings (SSSR count). The number of carbonyl (C=O) groups is 1. The Hall–Kier alpha value is -2.20. The van der Waals surface area contributed by atoms with E-state index < -0.39 is 0 Å². The minimum atomic E-state index is -0.191. The lowest BCUT2D eigenvalue weighted by atomic mass is 10.1. The second-order valence-electron chi connectivity index (χ2n) is 4.27. The van der Waals surface area contributed by atoms with Crippen LogP contribution in [-0.4, -0.2) is 13.0 Å². The summed E-state index contributed by atoms with van der Waals surface area (Å²) in [5.74, 6) is 0.295. The molecule has 0 saturated carbocycles. The first-order valence-electron chi connectivity index (χ1n) is 6.06. The summed E-state index contributed by atoms with van der Waals surface area (Å²) in [7, 11) is 1.51. The summed E-state index contributed by atoms with van der Waals surface area (Å²) in [6.45, 7) is 0.409. The lowest BCUT2D eigenvalue weighted by Crippen LogP contribution is -2.22. The van der Waals surface area contributed by atoms with Crippen molar-refractivity contribution < 1.29 is 9.53 Å². The van der Waals surface area contributed by atoms with Gasteiger partial charge in [0.25, 0.3) is 5.91 Å². The number of amides is 1. The summed E-state index contributed by atoms with van der Waals surface area (Å²) in [5, 5.41) is 3.46. The molecule has 0 aliphatic carbocycles. The SMILES string of the molecule is COc1cc(C(=O)NCc2cccc(Cl)c2)ccc1N. The Bertz CT molecular complexity index is 629. The first-order valence-corrected chi connectivity index (χ1v) is 6.44. The third-order valence-corrected chi connectivity index (χ3v) is 3.07. The Labute approximate surface area is 122 Å². The molecule has 0 aliphatic rings. The van der Waals surface area contributed by atoms with Crippen LogP contribution >= 0.6 is 11.6 Å². The largest absolute Gasteiger partial charge is 0.495 e. The van der Waals surface area contributed by atoms with Crippen molar-refractivity contribution >= 4 is 23.2 Å². The van der Waals surface area contributed by atoms with Crippen LogP contribution in [0.25, 0.3) is 0 Å². The Balaban J connectivity index is 2.05. The number of nitrogens with one attached hydrogen (secondary N) is 1. The fraction of sp³-hybridized carbons (Fsp3) is 0.133. The zero-order valence-electron chi connectivity index (χ0n) is 11.0. The first-order chi connectivity index (χ1) is 9.60. The van der Waals surface area contributed by atoms with Crippen molar-refractivity contribution in [1.29, 1.82) is 0 Å². The lowest BCUT2D eigenvalue weighted by Gasteiger charge is -2.08. The van der Waals surface area contributed by atoms with Crippen LogP contribution in [0.5, 0.6) is 5.75 Å². The van der Waals surface area contributed by atoms with Crippen LogP contribution in [0, 0.1) is 0 Å². The number of rotatable bonds is 4. The van der Waals surface area contributed by atoms with Crippen molar-refractivity contribution in [2.24, 2.45) is 0 Å². The van der Waals surface area contributed by atoms with Crippen LogP contribution in [0.2, 0.25) is 5.02 Å². The van der Waals surface area contributed by atoms with Crippen molar-refractivity contribution in [2.45, 2.75) is 6.54 Å². The number of anilines is 1. The molecule has 0 saturated heterocycles. The molecule has 0 atom stereocenters. The molecule has 5 heteroatoms. The first kappa shape index (κ1) is 14.2. The second kappa shape index (κ2) is 6.30. The molecule has 0 heterocycles. The van der Waals surface area contributed by atoms with Gasteiger partial charge in [-0.15, -0.1) is 0 Å². The highest BCUT2D eigenvalue weighted by Crippen LogP contribution is 2.22. The summed E-state index contributed by atoms with van der Waals surface area (Å²) in [6.07, 6.45) is 0. The molecule has 3 N–H and O–H groups in total. The van der Waals surface area contributed by atoms with Gasteiger partial charge in [0.2, 0.25) is 0 Å². The molecule has 0 spiro atoms. The van der Waals surface area contributed by atoms with E-state index in [2.05, 4.69) is 5.32 Å². The van der Waals surface area contributed by atoms with Gasteiger partial charge in [0.15, 0.2) is 0 Å². The number of nitrogens with two attached hydrogens (primary N) is 1. The van der Waals surface area contributed by atoms with Crippen LogP contribution < -0.4 is 15.8 Å². The van der Waals surface area contributed by atoms with Gasteiger partial charge in [-0.2, -0.15) is 0 Å². The molecular weight excluding hydrogens is 276 g/mol. The highest BCUT2D eigenvalue weighted by molar-refractivity contribution is 6.30. The molecule has 20 heavy (non-hydrogen) atoms. The van der Waals surface area contributed by atoms with Gasteiger partial charge in [-0.05, 0) is 35.9 Å². The van der Waals surface area contributed by atoms with E-state index in [4.69, 9.17) is 22.1 Å². The average molecular weight is 291 g/mol. The van der Waals surface area contributed by atoms with Crippen molar-refractivity contribution in [1.82, 2.24) is 5.32 Å². The molecule has 0 aromatic heterocycles. The van der Waals surface area contributed by atoms with E-state index >= 15 is 0 Å². The van der Waals surface area contributed by atoms with Gasteiger partial charge in [0, 0.05) is 17.1 Å². The maximum atomic E-state index is 12.0. The molecule has 0 fully saturated rings. The van der Waals surface area contributed by atoms with Crippen molar-refractivity contribution in [3.8, 4) is 5.75 Å². The predicted octanol–water partition coefficient (Wildman–Crippen LogP) is 2.86. The van der Waals surface area contributed by atoms with Crippen LogP contribution in [0.1, 0.15) is 15.9 Å². The number of halogens is 1. The zero-order chi connectivity index (χ0) is 14.5. The summed E-state index contributed by atoms with van der Waals surface area (Å²) in [4.78, 5) is 12.0. The fourth-order valence-electron chi connectivity index (χ4n) is 1.78. The maximum absolute atomic E-state index is 12.0. The molecule has 0 bridgehead atoms. The van der Waals surface area contributed by atoms with E-state index in [1.807, 2.05) is 18.2 Å². The highest BCUT2D eigenvalue weighted by Gasteiger charge is 2.08.